The van der Waals surface area contributed by atoms with Gasteiger partial charge in [-0.1, -0.05) is 57.8 Å². The van der Waals surface area contributed by atoms with Gasteiger partial charge in [0.25, 0.3) is 0 Å². The molecule has 0 saturated carbocycles. The summed E-state index contributed by atoms with van der Waals surface area (Å²) < 4.78 is 6.00. The first kappa shape index (κ1) is 14.0. The Morgan fingerprint density at radius 1 is 0.562 bits per heavy atom. The second-order valence-electron chi connectivity index (χ2n) is 5.52. The third-order valence-corrected chi connectivity index (χ3v) is 3.69. The Morgan fingerprint density at radius 2 is 0.875 bits per heavy atom. The number of rotatable bonds is 0. The van der Waals surface area contributed by atoms with Gasteiger partial charge in [0.1, 0.15) is 0 Å². The van der Waals surface area contributed by atoms with Gasteiger partial charge in [0.05, 0.1) is 12.2 Å². The summed E-state index contributed by atoms with van der Waals surface area (Å²) >= 11 is 0. The second-order valence-corrected chi connectivity index (χ2v) is 5.52. The summed E-state index contributed by atoms with van der Waals surface area (Å²) in [4.78, 5) is 0. The van der Waals surface area contributed by atoms with E-state index in [0.29, 0.717) is 12.2 Å². The van der Waals surface area contributed by atoms with E-state index < -0.39 is 0 Å². The standard InChI is InChI=1S/C15H30O/c1-14-12-10-8-6-4-3-5-7-9-11-13-15(2)16-14/h14-15H,3-13H2,1-2H3/t14-,15?/m0/s1. The molecule has 0 aromatic carbocycles. The highest BCUT2D eigenvalue weighted by atomic mass is 16.5. The molecule has 0 bridgehead atoms. The van der Waals surface area contributed by atoms with Gasteiger partial charge < -0.3 is 4.74 Å². The lowest BCUT2D eigenvalue weighted by molar-refractivity contribution is -0.00243. The fourth-order valence-corrected chi connectivity index (χ4v) is 2.63. The van der Waals surface area contributed by atoms with Crippen LogP contribution in [0.2, 0.25) is 0 Å². The van der Waals surface area contributed by atoms with E-state index in [4.69, 9.17) is 4.74 Å². The van der Waals surface area contributed by atoms with E-state index in [9.17, 15) is 0 Å². The molecule has 96 valence electrons. The number of hydrogen-bond donors (Lipinski definition) is 0. The monoisotopic (exact) mass is 226 g/mol. The highest BCUT2D eigenvalue weighted by Crippen LogP contribution is 2.16. The van der Waals surface area contributed by atoms with Gasteiger partial charge in [-0.05, 0) is 26.7 Å². The average Bonchev–Trinajstić information content (AvgIpc) is 2.25. The van der Waals surface area contributed by atoms with Crippen LogP contribution in [-0.2, 0) is 4.74 Å². The molecule has 1 aliphatic heterocycles. The van der Waals surface area contributed by atoms with Crippen LogP contribution < -0.4 is 0 Å². The van der Waals surface area contributed by atoms with Gasteiger partial charge in [-0.2, -0.15) is 0 Å². The predicted molar refractivity (Wildman–Crippen MR) is 70.8 cm³/mol. The van der Waals surface area contributed by atoms with E-state index in [0.717, 1.165) is 0 Å². The molecule has 1 fully saturated rings. The number of hydrogen-bond acceptors (Lipinski definition) is 1. The summed E-state index contributed by atoms with van der Waals surface area (Å²) in [5.74, 6) is 0. The Hall–Kier alpha value is -0.0400. The molecule has 0 aliphatic carbocycles. The highest BCUT2D eigenvalue weighted by Gasteiger charge is 2.08. The van der Waals surface area contributed by atoms with Crippen molar-refractivity contribution in [1.82, 2.24) is 0 Å². The minimum absolute atomic E-state index is 0.470. The summed E-state index contributed by atoms with van der Waals surface area (Å²) in [6.45, 7) is 4.48. The molecule has 1 nitrogen and oxygen atoms in total. The molecule has 1 saturated heterocycles. The molecule has 0 radical (unpaired) electrons. The lowest BCUT2D eigenvalue weighted by Crippen LogP contribution is -2.17. The van der Waals surface area contributed by atoms with Crippen LogP contribution in [0.5, 0.6) is 0 Å². The third kappa shape index (κ3) is 7.27. The molecule has 0 aromatic heterocycles. The Kier molecular flexibility index (Phi) is 7.92. The maximum atomic E-state index is 6.00. The average molecular weight is 226 g/mol. The van der Waals surface area contributed by atoms with E-state index in [-0.39, 0.29) is 0 Å². The smallest absolute Gasteiger partial charge is 0.0550 e. The Bertz CT molecular complexity index is 140. The molecule has 1 heterocycles. The minimum Gasteiger partial charge on any atom is -0.376 e. The van der Waals surface area contributed by atoms with Crippen molar-refractivity contribution >= 4 is 0 Å². The number of ether oxygens (including phenoxy) is 1. The lowest BCUT2D eigenvalue weighted by Gasteiger charge is -2.19. The summed E-state index contributed by atoms with van der Waals surface area (Å²) in [7, 11) is 0. The van der Waals surface area contributed by atoms with Crippen molar-refractivity contribution in [2.75, 3.05) is 0 Å². The van der Waals surface area contributed by atoms with Crippen LogP contribution in [0.25, 0.3) is 0 Å². The molecule has 0 aromatic rings. The minimum atomic E-state index is 0.470. The second kappa shape index (κ2) is 9.04. The van der Waals surface area contributed by atoms with E-state index in [1.807, 2.05) is 0 Å². The van der Waals surface area contributed by atoms with Crippen molar-refractivity contribution in [3.8, 4) is 0 Å². The van der Waals surface area contributed by atoms with E-state index in [1.165, 1.54) is 70.6 Å². The van der Waals surface area contributed by atoms with E-state index in [1.54, 1.807) is 0 Å². The molecule has 1 heteroatoms. The summed E-state index contributed by atoms with van der Waals surface area (Å²) in [5, 5.41) is 0. The van der Waals surface area contributed by atoms with Crippen molar-refractivity contribution in [3.63, 3.8) is 0 Å². The largest absolute Gasteiger partial charge is 0.376 e. The molecule has 0 amide bonds. The Labute approximate surface area is 102 Å². The quantitative estimate of drug-likeness (QED) is 0.559. The van der Waals surface area contributed by atoms with Crippen molar-refractivity contribution in [1.29, 1.82) is 0 Å². The lowest BCUT2D eigenvalue weighted by atomic mass is 10.0. The van der Waals surface area contributed by atoms with Gasteiger partial charge in [-0.25, -0.2) is 0 Å². The molecule has 16 heavy (non-hydrogen) atoms. The van der Waals surface area contributed by atoms with Crippen LogP contribution in [-0.4, -0.2) is 12.2 Å². The normalized spacial score (nSPS) is 31.9. The van der Waals surface area contributed by atoms with Gasteiger partial charge in [0.15, 0.2) is 0 Å². The van der Waals surface area contributed by atoms with Crippen molar-refractivity contribution in [3.05, 3.63) is 0 Å². The molecule has 1 unspecified atom stereocenters. The molecule has 1 rings (SSSR count). The zero-order chi connectivity index (χ0) is 11.6. The van der Waals surface area contributed by atoms with Crippen molar-refractivity contribution < 1.29 is 4.74 Å². The van der Waals surface area contributed by atoms with Crippen LogP contribution >= 0.6 is 0 Å². The predicted octanol–water partition coefficient (Wildman–Crippen LogP) is 5.08. The summed E-state index contributed by atoms with van der Waals surface area (Å²) in [5.41, 5.74) is 0. The third-order valence-electron chi connectivity index (χ3n) is 3.69. The van der Waals surface area contributed by atoms with Gasteiger partial charge in [0, 0.05) is 0 Å². The van der Waals surface area contributed by atoms with Crippen LogP contribution in [0.3, 0.4) is 0 Å². The zero-order valence-corrected chi connectivity index (χ0v) is 11.3. The topological polar surface area (TPSA) is 9.23 Å². The van der Waals surface area contributed by atoms with Gasteiger partial charge in [-0.3, -0.25) is 0 Å². The molecular weight excluding hydrogens is 196 g/mol. The van der Waals surface area contributed by atoms with Gasteiger partial charge in [-0.15, -0.1) is 0 Å². The molecular formula is C15H30O. The van der Waals surface area contributed by atoms with E-state index >= 15 is 0 Å². The van der Waals surface area contributed by atoms with Crippen LogP contribution in [0.15, 0.2) is 0 Å². The first-order valence-corrected chi connectivity index (χ1v) is 7.44. The summed E-state index contributed by atoms with van der Waals surface area (Å²) in [6, 6.07) is 0. The van der Waals surface area contributed by atoms with Crippen LogP contribution in [0, 0.1) is 0 Å². The molecule has 2 atom stereocenters. The van der Waals surface area contributed by atoms with E-state index in [2.05, 4.69) is 13.8 Å². The molecule has 1 aliphatic rings. The Balaban J connectivity index is 2.21. The van der Waals surface area contributed by atoms with Crippen LogP contribution in [0.4, 0.5) is 0 Å². The van der Waals surface area contributed by atoms with Gasteiger partial charge >= 0.3 is 0 Å². The van der Waals surface area contributed by atoms with Crippen molar-refractivity contribution in [2.24, 2.45) is 0 Å². The van der Waals surface area contributed by atoms with Gasteiger partial charge in [0.2, 0.25) is 0 Å². The SMILES string of the molecule is CC1CCCCCCCCCCC[C@H](C)O1. The zero-order valence-electron chi connectivity index (χ0n) is 11.3. The molecule has 0 spiro atoms. The maximum Gasteiger partial charge on any atom is 0.0550 e. The van der Waals surface area contributed by atoms with Crippen LogP contribution in [0.1, 0.15) is 84.5 Å². The maximum absolute atomic E-state index is 6.00. The highest BCUT2D eigenvalue weighted by molar-refractivity contribution is 4.59. The molecule has 0 N–H and O–H groups in total. The van der Waals surface area contributed by atoms with Crippen molar-refractivity contribution in [2.45, 2.75) is 96.7 Å². The first-order valence-electron chi connectivity index (χ1n) is 7.44. The summed E-state index contributed by atoms with van der Waals surface area (Å²) in [6.07, 6.45) is 16.2. The fourth-order valence-electron chi connectivity index (χ4n) is 2.63. The Morgan fingerprint density at radius 3 is 1.25 bits per heavy atom. The fraction of sp³-hybridized carbons (Fsp3) is 1.00. The first-order chi connectivity index (χ1) is 7.79.